The number of rotatable bonds is 8. The van der Waals surface area contributed by atoms with Crippen molar-refractivity contribution in [2.24, 2.45) is 4.99 Å². The van der Waals surface area contributed by atoms with E-state index in [0.29, 0.717) is 22.7 Å². The van der Waals surface area contributed by atoms with Crippen LogP contribution in [0, 0.1) is 6.92 Å². The van der Waals surface area contributed by atoms with Crippen molar-refractivity contribution in [3.63, 3.8) is 0 Å². The van der Waals surface area contributed by atoms with Gasteiger partial charge in [0.25, 0.3) is 5.91 Å². The number of allylic oxidation sites excluding steroid dienone is 1. The van der Waals surface area contributed by atoms with E-state index in [2.05, 4.69) is 22.0 Å². The Kier molecular flexibility index (Phi) is 10.4. The Hall–Kier alpha value is -3.40. The van der Waals surface area contributed by atoms with Crippen molar-refractivity contribution in [1.29, 1.82) is 0 Å². The number of nitrogens with one attached hydrogen (secondary N) is 1. The molecule has 7 nitrogen and oxygen atoms in total. The first-order valence-corrected chi connectivity index (χ1v) is 13.7. The van der Waals surface area contributed by atoms with Crippen molar-refractivity contribution in [2.45, 2.75) is 77.7 Å². The maximum atomic E-state index is 13.7. The number of hydrogen-bond acceptors (Lipinski definition) is 4. The Morgan fingerprint density at radius 2 is 1.93 bits per heavy atom. The van der Waals surface area contributed by atoms with Crippen molar-refractivity contribution in [3.8, 4) is 0 Å². The minimum Gasteiger partial charge on any atom is -0.347 e. The number of carbonyl (C=O) groups excluding carboxylic acids is 2. The Morgan fingerprint density at radius 3 is 2.55 bits per heavy atom. The Labute approximate surface area is 237 Å². The average Bonchev–Trinajstić information content (AvgIpc) is 3.54. The highest BCUT2D eigenvalue weighted by atomic mass is 35.5. The predicted octanol–water partition coefficient (Wildman–Crippen LogP) is 6.39. The van der Waals surface area contributed by atoms with E-state index in [1.165, 1.54) is 17.3 Å². The zero-order valence-electron chi connectivity index (χ0n) is 23.1. The summed E-state index contributed by atoms with van der Waals surface area (Å²) >= 11 is 6.52. The van der Waals surface area contributed by atoms with Crippen molar-refractivity contribution >= 4 is 29.6 Å². The molecule has 11 heteroatoms. The third-order valence-electron chi connectivity index (χ3n) is 6.63. The van der Waals surface area contributed by atoms with Crippen LogP contribution in [0.15, 0.2) is 53.7 Å². The quantitative estimate of drug-likeness (QED) is 0.292. The summed E-state index contributed by atoms with van der Waals surface area (Å²) in [5.74, 6) is -1.01. The van der Waals surface area contributed by atoms with Gasteiger partial charge in [-0.1, -0.05) is 55.8 Å². The molecule has 0 spiro atoms. The van der Waals surface area contributed by atoms with Gasteiger partial charge in [0.05, 0.1) is 23.4 Å². The zero-order chi connectivity index (χ0) is 29.6. The number of benzene rings is 1. The second kappa shape index (κ2) is 13.3. The number of nitrogens with zero attached hydrogens (tertiary/aromatic N) is 4. The van der Waals surface area contributed by atoms with E-state index in [9.17, 15) is 22.8 Å². The van der Waals surface area contributed by atoms with Gasteiger partial charge in [-0.2, -0.15) is 18.3 Å². The SMILES string of the molecule is C=C(C=N/C=C\C)C(=O)NC1CCN(C(=O)Cn2nc(C3CC3)cc2C(F)(F)F)C1c1cc(C)ccc1Cl.CC. The summed E-state index contributed by atoms with van der Waals surface area (Å²) < 4.78 is 41.9. The van der Waals surface area contributed by atoms with Crippen LogP contribution in [0.4, 0.5) is 13.2 Å². The third-order valence-corrected chi connectivity index (χ3v) is 6.98. The first kappa shape index (κ1) is 31.1. The molecular weight excluding hydrogens is 543 g/mol. The fourth-order valence-corrected chi connectivity index (χ4v) is 4.85. The topological polar surface area (TPSA) is 79.6 Å². The van der Waals surface area contributed by atoms with Crippen molar-refractivity contribution in [2.75, 3.05) is 6.54 Å². The van der Waals surface area contributed by atoms with E-state index in [4.69, 9.17) is 11.6 Å². The second-order valence-corrected chi connectivity index (χ2v) is 10.0. The van der Waals surface area contributed by atoms with Crippen LogP contribution in [0.1, 0.15) is 74.5 Å². The number of alkyl halides is 3. The minimum atomic E-state index is -4.64. The molecule has 1 N–H and O–H groups in total. The van der Waals surface area contributed by atoms with Gasteiger partial charge in [-0.25, -0.2) is 0 Å². The van der Waals surface area contributed by atoms with Gasteiger partial charge in [-0.05, 0) is 50.8 Å². The van der Waals surface area contributed by atoms with Gasteiger partial charge >= 0.3 is 6.18 Å². The van der Waals surface area contributed by atoms with E-state index >= 15 is 0 Å². The number of aliphatic imine (C=N–C) groups is 1. The minimum absolute atomic E-state index is 0.00198. The van der Waals surface area contributed by atoms with Crippen molar-refractivity contribution < 1.29 is 22.8 Å². The summed E-state index contributed by atoms with van der Waals surface area (Å²) in [4.78, 5) is 31.8. The molecule has 1 aromatic heterocycles. The lowest BCUT2D eigenvalue weighted by atomic mass is 9.97. The monoisotopic (exact) mass is 577 g/mol. The molecule has 1 aliphatic carbocycles. The highest BCUT2D eigenvalue weighted by Gasteiger charge is 2.42. The molecule has 2 aromatic rings. The lowest BCUT2D eigenvalue weighted by Crippen LogP contribution is -2.43. The van der Waals surface area contributed by atoms with Gasteiger partial charge in [-0.15, -0.1) is 0 Å². The number of aryl methyl sites for hydroxylation is 1. The highest BCUT2D eigenvalue weighted by Crippen LogP contribution is 2.42. The number of halogens is 4. The van der Waals surface area contributed by atoms with Crippen LogP contribution in [0.2, 0.25) is 5.02 Å². The number of hydrogen-bond donors (Lipinski definition) is 1. The van der Waals surface area contributed by atoms with Crippen LogP contribution in [-0.2, 0) is 22.3 Å². The van der Waals surface area contributed by atoms with E-state index < -0.39 is 42.3 Å². The van der Waals surface area contributed by atoms with E-state index in [-0.39, 0.29) is 18.0 Å². The number of carbonyl (C=O) groups is 2. The fourth-order valence-electron chi connectivity index (χ4n) is 4.62. The summed E-state index contributed by atoms with van der Waals surface area (Å²) in [6, 6.07) is 5.14. The molecule has 2 aliphatic rings. The molecule has 2 amide bonds. The van der Waals surface area contributed by atoms with Crippen LogP contribution in [0.25, 0.3) is 0 Å². The van der Waals surface area contributed by atoms with Crippen LogP contribution in [0.3, 0.4) is 0 Å². The molecule has 0 radical (unpaired) electrons. The second-order valence-electron chi connectivity index (χ2n) is 9.60. The largest absolute Gasteiger partial charge is 0.433 e. The standard InChI is InChI=1S/C27H29ClF3N5O2.C2H6/c1-4-10-32-14-17(3)26(38)33-21-9-11-35(25(21)19-12-16(2)5-8-20(19)28)24(37)15-36-23(27(29,30)31)13-22(34-36)18-6-7-18;1-2/h4-5,8,10,12-14,18,21,25H,3,6-7,9,11,15H2,1-2H3,(H,33,38);1-2H3/b10-4-,32-14?;. The van der Waals surface area contributed by atoms with Gasteiger partial charge in [0, 0.05) is 29.9 Å². The van der Waals surface area contributed by atoms with Gasteiger partial charge < -0.3 is 10.2 Å². The summed E-state index contributed by atoms with van der Waals surface area (Å²) in [5.41, 5.74) is 1.02. The molecule has 2 atom stereocenters. The van der Waals surface area contributed by atoms with Crippen LogP contribution >= 0.6 is 11.6 Å². The normalized spacial score (nSPS) is 19.1. The van der Waals surface area contributed by atoms with Crippen LogP contribution in [-0.4, -0.2) is 45.3 Å². The molecule has 1 saturated heterocycles. The molecule has 1 aromatic carbocycles. The molecule has 1 saturated carbocycles. The summed E-state index contributed by atoms with van der Waals surface area (Å²) in [5, 5.41) is 7.42. The summed E-state index contributed by atoms with van der Waals surface area (Å²) in [6.07, 6.45) is 1.86. The highest BCUT2D eigenvalue weighted by molar-refractivity contribution is 6.31. The number of likely N-dealkylation sites (tertiary alicyclic amines) is 1. The lowest BCUT2D eigenvalue weighted by Gasteiger charge is -2.30. The van der Waals surface area contributed by atoms with E-state index in [0.717, 1.165) is 29.2 Å². The number of aromatic nitrogens is 2. The van der Waals surface area contributed by atoms with Gasteiger partial charge in [0.2, 0.25) is 5.91 Å². The summed E-state index contributed by atoms with van der Waals surface area (Å²) in [7, 11) is 0. The van der Waals surface area contributed by atoms with Crippen LogP contribution < -0.4 is 5.32 Å². The Morgan fingerprint density at radius 1 is 1.23 bits per heavy atom. The first-order chi connectivity index (χ1) is 19.0. The zero-order valence-corrected chi connectivity index (χ0v) is 23.9. The lowest BCUT2D eigenvalue weighted by molar-refractivity contribution is -0.146. The molecule has 216 valence electrons. The molecule has 4 rings (SSSR count). The third kappa shape index (κ3) is 7.41. The molecule has 2 fully saturated rings. The molecule has 0 bridgehead atoms. The molecular formula is C29H35ClF3N5O2. The fraction of sp³-hybridized carbons (Fsp3) is 0.448. The van der Waals surface area contributed by atoms with E-state index in [1.54, 1.807) is 19.1 Å². The van der Waals surface area contributed by atoms with Gasteiger partial charge in [-0.3, -0.25) is 19.3 Å². The smallest absolute Gasteiger partial charge is 0.347 e. The average molecular weight is 578 g/mol. The molecule has 2 unspecified atom stereocenters. The van der Waals surface area contributed by atoms with Gasteiger partial charge in [0.1, 0.15) is 12.2 Å². The van der Waals surface area contributed by atoms with E-state index in [1.807, 2.05) is 32.9 Å². The van der Waals surface area contributed by atoms with Crippen LogP contribution in [0.5, 0.6) is 0 Å². The van der Waals surface area contributed by atoms with Crippen molar-refractivity contribution in [3.05, 3.63) is 76.2 Å². The molecule has 1 aliphatic heterocycles. The molecule has 2 heterocycles. The summed E-state index contributed by atoms with van der Waals surface area (Å²) in [6.45, 7) is 11.0. The maximum Gasteiger partial charge on any atom is 0.433 e. The number of amides is 2. The predicted molar refractivity (Wildman–Crippen MR) is 150 cm³/mol. The first-order valence-electron chi connectivity index (χ1n) is 13.3. The maximum absolute atomic E-state index is 13.7. The Balaban J connectivity index is 0.00000216. The van der Waals surface area contributed by atoms with Crippen molar-refractivity contribution in [1.82, 2.24) is 20.0 Å². The van der Waals surface area contributed by atoms with Gasteiger partial charge in [0.15, 0.2) is 0 Å². The Bertz CT molecular complexity index is 1300. The molecule has 40 heavy (non-hydrogen) atoms.